The first-order chi connectivity index (χ1) is 9.65. The molecule has 1 aromatic carbocycles. The third-order valence-corrected chi connectivity index (χ3v) is 3.38. The highest BCUT2D eigenvalue weighted by Crippen LogP contribution is 2.12. The number of ether oxygens (including phenoxy) is 1. The Morgan fingerprint density at radius 1 is 1.25 bits per heavy atom. The molecule has 0 aromatic heterocycles. The van der Waals surface area contributed by atoms with Gasteiger partial charge in [-0.2, -0.15) is 0 Å². The molecule has 1 fully saturated rings. The van der Waals surface area contributed by atoms with Gasteiger partial charge < -0.3 is 10.5 Å². The molecule has 5 nitrogen and oxygen atoms in total. The lowest BCUT2D eigenvalue weighted by molar-refractivity contribution is -0.128. The summed E-state index contributed by atoms with van der Waals surface area (Å²) in [7, 11) is 0. The van der Waals surface area contributed by atoms with Gasteiger partial charge in [-0.25, -0.2) is 5.01 Å². The zero-order valence-corrected chi connectivity index (χ0v) is 12.1. The van der Waals surface area contributed by atoms with Crippen LogP contribution in [0.4, 0.5) is 0 Å². The highest BCUT2D eigenvalue weighted by Gasteiger charge is 2.12. The molecule has 0 aliphatic carbocycles. The van der Waals surface area contributed by atoms with Crippen LogP contribution in [0.5, 0.6) is 5.75 Å². The quantitative estimate of drug-likeness (QED) is 0.799. The summed E-state index contributed by atoms with van der Waals surface area (Å²) in [6.45, 7) is 1.83. The second-order valence-electron chi connectivity index (χ2n) is 4.76. The van der Waals surface area contributed by atoms with Crippen LogP contribution in [-0.4, -0.2) is 35.6 Å². The van der Waals surface area contributed by atoms with Crippen LogP contribution in [-0.2, 0) is 4.79 Å². The lowest BCUT2D eigenvalue weighted by atomic mass is 10.2. The molecule has 0 atom stereocenters. The second-order valence-corrected chi connectivity index (χ2v) is 5.20. The Balaban J connectivity index is 1.76. The predicted molar refractivity (Wildman–Crippen MR) is 81.4 cm³/mol. The molecule has 1 aliphatic heterocycles. The van der Waals surface area contributed by atoms with Gasteiger partial charge in [0.2, 0.25) is 0 Å². The average molecular weight is 293 g/mol. The van der Waals surface area contributed by atoms with Gasteiger partial charge >= 0.3 is 0 Å². The molecule has 1 amide bonds. The number of benzene rings is 1. The fraction of sp³-hybridized carbons (Fsp3) is 0.429. The zero-order valence-electron chi connectivity index (χ0n) is 11.3. The number of nitrogens with two attached hydrogens (primary N) is 1. The number of amides is 1. The summed E-state index contributed by atoms with van der Waals surface area (Å²) in [6, 6.07) is 7.06. The largest absolute Gasteiger partial charge is 0.484 e. The van der Waals surface area contributed by atoms with Crippen molar-refractivity contribution in [3.63, 3.8) is 0 Å². The number of nitrogens with one attached hydrogen (secondary N) is 1. The van der Waals surface area contributed by atoms with Crippen LogP contribution < -0.4 is 15.9 Å². The zero-order chi connectivity index (χ0) is 14.4. The minimum absolute atomic E-state index is 0.00289. The van der Waals surface area contributed by atoms with E-state index in [1.165, 1.54) is 6.42 Å². The highest BCUT2D eigenvalue weighted by molar-refractivity contribution is 7.80. The summed E-state index contributed by atoms with van der Waals surface area (Å²) in [5, 5.41) is 1.95. The van der Waals surface area contributed by atoms with E-state index < -0.39 is 0 Å². The van der Waals surface area contributed by atoms with Crippen LogP contribution in [0.15, 0.2) is 24.3 Å². The Hall–Kier alpha value is -1.66. The van der Waals surface area contributed by atoms with E-state index in [1.54, 1.807) is 24.3 Å². The minimum Gasteiger partial charge on any atom is -0.484 e. The summed E-state index contributed by atoms with van der Waals surface area (Å²) in [5.74, 6) is 0.490. The van der Waals surface area contributed by atoms with Crippen molar-refractivity contribution in [2.24, 2.45) is 5.73 Å². The number of piperidine rings is 1. The first-order valence-corrected chi connectivity index (χ1v) is 7.13. The number of rotatable bonds is 5. The molecular formula is C14H19N3O2S. The van der Waals surface area contributed by atoms with Crippen molar-refractivity contribution in [1.82, 2.24) is 10.4 Å². The van der Waals surface area contributed by atoms with Crippen LogP contribution >= 0.6 is 12.2 Å². The van der Waals surface area contributed by atoms with Gasteiger partial charge in [0.1, 0.15) is 10.7 Å². The molecule has 6 heteroatoms. The maximum absolute atomic E-state index is 11.7. The van der Waals surface area contributed by atoms with Gasteiger partial charge in [-0.15, -0.1) is 0 Å². The first-order valence-electron chi connectivity index (χ1n) is 6.72. The van der Waals surface area contributed by atoms with Gasteiger partial charge in [-0.05, 0) is 37.1 Å². The third-order valence-electron chi connectivity index (χ3n) is 3.15. The molecule has 0 bridgehead atoms. The average Bonchev–Trinajstić information content (AvgIpc) is 2.46. The van der Waals surface area contributed by atoms with E-state index in [-0.39, 0.29) is 12.5 Å². The van der Waals surface area contributed by atoms with Gasteiger partial charge in [0.05, 0.1) is 0 Å². The number of hydrogen-bond donors (Lipinski definition) is 2. The molecule has 2 rings (SSSR count). The van der Waals surface area contributed by atoms with Crippen molar-refractivity contribution in [3.8, 4) is 5.75 Å². The van der Waals surface area contributed by atoms with Crippen molar-refractivity contribution >= 4 is 23.1 Å². The van der Waals surface area contributed by atoms with E-state index in [0.29, 0.717) is 10.7 Å². The fourth-order valence-electron chi connectivity index (χ4n) is 2.08. The molecule has 0 saturated carbocycles. The molecule has 0 unspecified atom stereocenters. The van der Waals surface area contributed by atoms with Crippen molar-refractivity contribution in [1.29, 1.82) is 0 Å². The Kier molecular flexibility index (Phi) is 5.31. The number of nitrogens with zero attached hydrogens (tertiary/aromatic N) is 1. The van der Waals surface area contributed by atoms with Crippen LogP contribution in [0.25, 0.3) is 0 Å². The summed E-state index contributed by atoms with van der Waals surface area (Å²) < 4.78 is 5.42. The molecule has 1 saturated heterocycles. The van der Waals surface area contributed by atoms with Crippen molar-refractivity contribution in [3.05, 3.63) is 29.8 Å². The van der Waals surface area contributed by atoms with E-state index in [0.717, 1.165) is 31.5 Å². The maximum Gasteiger partial charge on any atom is 0.272 e. The SMILES string of the molecule is NC(=S)c1ccc(OCC(=O)NN2CCCCC2)cc1. The molecule has 3 N–H and O–H groups in total. The maximum atomic E-state index is 11.7. The lowest BCUT2D eigenvalue weighted by Gasteiger charge is -2.26. The van der Waals surface area contributed by atoms with E-state index in [4.69, 9.17) is 22.7 Å². The van der Waals surface area contributed by atoms with Gasteiger partial charge in [0.15, 0.2) is 6.61 Å². The molecule has 1 aromatic rings. The standard InChI is InChI=1S/C14H19N3O2S/c15-14(20)11-4-6-12(7-5-11)19-10-13(18)16-17-8-2-1-3-9-17/h4-7H,1-3,8-10H2,(H2,15,20)(H,16,18). The molecule has 20 heavy (non-hydrogen) atoms. The van der Waals surface area contributed by atoms with E-state index in [9.17, 15) is 4.79 Å². The fourth-order valence-corrected chi connectivity index (χ4v) is 2.21. The van der Waals surface area contributed by atoms with Crippen LogP contribution in [0, 0.1) is 0 Å². The highest BCUT2D eigenvalue weighted by atomic mass is 32.1. The topological polar surface area (TPSA) is 67.6 Å². The molecule has 0 spiro atoms. The Labute approximate surface area is 124 Å². The monoisotopic (exact) mass is 293 g/mol. The Bertz CT molecular complexity index is 470. The molecule has 1 heterocycles. The van der Waals surface area contributed by atoms with E-state index in [1.807, 2.05) is 5.01 Å². The van der Waals surface area contributed by atoms with Gasteiger partial charge in [0, 0.05) is 18.7 Å². The van der Waals surface area contributed by atoms with E-state index in [2.05, 4.69) is 5.43 Å². The number of carbonyl (C=O) groups excluding carboxylic acids is 1. The van der Waals surface area contributed by atoms with Gasteiger partial charge in [-0.1, -0.05) is 18.6 Å². The van der Waals surface area contributed by atoms with Gasteiger partial charge in [-0.3, -0.25) is 10.2 Å². The Morgan fingerprint density at radius 3 is 2.50 bits per heavy atom. The predicted octanol–water partition coefficient (Wildman–Crippen LogP) is 1.22. The lowest BCUT2D eigenvalue weighted by Crippen LogP contribution is -2.46. The summed E-state index contributed by atoms with van der Waals surface area (Å²) in [6.07, 6.45) is 3.49. The van der Waals surface area contributed by atoms with Crippen LogP contribution in [0.3, 0.4) is 0 Å². The van der Waals surface area contributed by atoms with Crippen molar-refractivity contribution in [2.45, 2.75) is 19.3 Å². The number of hydrogen-bond acceptors (Lipinski definition) is 4. The molecule has 0 radical (unpaired) electrons. The molecular weight excluding hydrogens is 274 g/mol. The number of thiocarbonyl (C=S) groups is 1. The first kappa shape index (κ1) is 14.7. The van der Waals surface area contributed by atoms with E-state index >= 15 is 0 Å². The summed E-state index contributed by atoms with van der Waals surface area (Å²) in [5.41, 5.74) is 9.14. The third kappa shape index (κ3) is 4.47. The van der Waals surface area contributed by atoms with Crippen molar-refractivity contribution < 1.29 is 9.53 Å². The normalized spacial score (nSPS) is 15.6. The smallest absolute Gasteiger partial charge is 0.272 e. The molecule has 108 valence electrons. The van der Waals surface area contributed by atoms with Crippen LogP contribution in [0.1, 0.15) is 24.8 Å². The minimum atomic E-state index is -0.134. The number of hydrazine groups is 1. The van der Waals surface area contributed by atoms with Crippen molar-refractivity contribution in [2.75, 3.05) is 19.7 Å². The molecule has 1 aliphatic rings. The van der Waals surface area contributed by atoms with Gasteiger partial charge in [0.25, 0.3) is 5.91 Å². The second kappa shape index (κ2) is 7.21. The van der Waals surface area contributed by atoms with Crippen LogP contribution in [0.2, 0.25) is 0 Å². The Morgan fingerprint density at radius 2 is 1.90 bits per heavy atom. The summed E-state index contributed by atoms with van der Waals surface area (Å²) in [4.78, 5) is 12.1. The number of carbonyl (C=O) groups is 1. The summed E-state index contributed by atoms with van der Waals surface area (Å²) >= 11 is 4.87.